The Morgan fingerprint density at radius 3 is 2.93 bits per heavy atom. The van der Waals surface area contributed by atoms with Gasteiger partial charge in [0.25, 0.3) is 0 Å². The van der Waals surface area contributed by atoms with E-state index in [0.717, 1.165) is 12.8 Å². The van der Waals surface area contributed by atoms with E-state index in [9.17, 15) is 0 Å². The van der Waals surface area contributed by atoms with Crippen LogP contribution in [0.4, 0.5) is 0 Å². The lowest BCUT2D eigenvalue weighted by atomic mass is 9.83. The van der Waals surface area contributed by atoms with Gasteiger partial charge in [0.2, 0.25) is 0 Å². The van der Waals surface area contributed by atoms with Crippen molar-refractivity contribution in [3.63, 3.8) is 0 Å². The molecular formula is C11H16N2S. The van der Waals surface area contributed by atoms with Crippen LogP contribution in [0.3, 0.4) is 0 Å². The molecule has 0 amide bonds. The summed E-state index contributed by atoms with van der Waals surface area (Å²) in [7, 11) is 0. The fraction of sp³-hybridized carbons (Fsp3) is 0.636. The van der Waals surface area contributed by atoms with Crippen LogP contribution in [0.25, 0.3) is 0 Å². The third-order valence-electron chi connectivity index (χ3n) is 3.02. The second-order valence-electron chi connectivity index (χ2n) is 4.34. The summed E-state index contributed by atoms with van der Waals surface area (Å²) >= 11 is 1.86. The molecule has 1 aliphatic heterocycles. The van der Waals surface area contributed by atoms with Gasteiger partial charge in [0, 0.05) is 16.7 Å². The second kappa shape index (κ2) is 3.54. The van der Waals surface area contributed by atoms with Gasteiger partial charge in [-0.3, -0.25) is 0 Å². The van der Waals surface area contributed by atoms with E-state index in [-0.39, 0.29) is 5.41 Å². The van der Waals surface area contributed by atoms with Crippen LogP contribution in [0.2, 0.25) is 0 Å². The van der Waals surface area contributed by atoms with E-state index in [1.807, 2.05) is 11.8 Å². The van der Waals surface area contributed by atoms with Gasteiger partial charge in [-0.2, -0.15) is 0 Å². The van der Waals surface area contributed by atoms with Crippen LogP contribution in [0.15, 0.2) is 11.4 Å². The molecule has 1 aromatic rings. The molecule has 0 saturated heterocycles. The van der Waals surface area contributed by atoms with Gasteiger partial charge in [-0.05, 0) is 12.8 Å². The minimum Gasteiger partial charge on any atom is -0.240 e. The zero-order chi connectivity index (χ0) is 10.2. The highest BCUT2D eigenvalue weighted by molar-refractivity contribution is 7.99. The quantitative estimate of drug-likeness (QED) is 0.699. The third-order valence-corrected chi connectivity index (χ3v) is 4.06. The van der Waals surface area contributed by atoms with Crippen molar-refractivity contribution in [3.8, 4) is 0 Å². The van der Waals surface area contributed by atoms with E-state index < -0.39 is 0 Å². The summed E-state index contributed by atoms with van der Waals surface area (Å²) in [4.78, 5) is 8.79. The van der Waals surface area contributed by atoms with Crippen molar-refractivity contribution in [1.82, 2.24) is 9.97 Å². The van der Waals surface area contributed by atoms with Crippen molar-refractivity contribution in [2.45, 2.75) is 44.1 Å². The fourth-order valence-corrected chi connectivity index (χ4v) is 2.74. The second-order valence-corrected chi connectivity index (χ2v) is 5.43. The Morgan fingerprint density at radius 2 is 2.21 bits per heavy atom. The predicted molar refractivity (Wildman–Crippen MR) is 59.8 cm³/mol. The molecule has 0 N–H and O–H groups in total. The monoisotopic (exact) mass is 208 g/mol. The maximum Gasteiger partial charge on any atom is 0.117 e. The Hall–Kier alpha value is -0.570. The molecule has 0 fully saturated rings. The Bertz CT molecular complexity index is 347. The topological polar surface area (TPSA) is 25.8 Å². The summed E-state index contributed by atoms with van der Waals surface area (Å²) in [6, 6.07) is 0. The molecule has 2 rings (SSSR count). The van der Waals surface area contributed by atoms with Crippen LogP contribution in [-0.2, 0) is 11.8 Å². The molecule has 1 aromatic heterocycles. The summed E-state index contributed by atoms with van der Waals surface area (Å²) in [5.74, 6) is 1.17. The first kappa shape index (κ1) is 9.97. The Kier molecular flexibility index (Phi) is 2.52. The number of hydrogen-bond donors (Lipinski definition) is 0. The predicted octanol–water partition coefficient (Wildman–Crippen LogP) is 2.81. The van der Waals surface area contributed by atoms with Crippen molar-refractivity contribution in [3.05, 3.63) is 17.6 Å². The van der Waals surface area contributed by atoms with Crippen molar-refractivity contribution in [2.75, 3.05) is 5.75 Å². The molecule has 2 heterocycles. The average Bonchev–Trinajstić information content (AvgIpc) is 2.64. The largest absolute Gasteiger partial charge is 0.240 e. The number of fused-ring (bicyclic) bond motifs is 1. The van der Waals surface area contributed by atoms with Crippen LogP contribution in [-0.4, -0.2) is 15.7 Å². The van der Waals surface area contributed by atoms with Crippen molar-refractivity contribution < 1.29 is 0 Å². The van der Waals surface area contributed by atoms with Gasteiger partial charge in [0.1, 0.15) is 11.4 Å². The summed E-state index contributed by atoms with van der Waals surface area (Å²) in [5.41, 5.74) is 2.84. The van der Waals surface area contributed by atoms with Crippen LogP contribution >= 0.6 is 11.8 Å². The van der Waals surface area contributed by atoms with Gasteiger partial charge >= 0.3 is 0 Å². The van der Waals surface area contributed by atoms with Crippen molar-refractivity contribution in [1.29, 1.82) is 0 Å². The molecule has 0 saturated carbocycles. The first-order valence-electron chi connectivity index (χ1n) is 5.12. The lowest BCUT2D eigenvalue weighted by Gasteiger charge is -2.23. The number of thioether (sulfide) groups is 1. The zero-order valence-corrected chi connectivity index (χ0v) is 9.82. The highest BCUT2D eigenvalue weighted by Gasteiger charge is 2.27. The molecule has 0 atom stereocenters. The highest BCUT2D eigenvalue weighted by Crippen LogP contribution is 2.36. The fourth-order valence-electron chi connectivity index (χ4n) is 1.75. The number of nitrogens with zero attached hydrogens (tertiary/aromatic N) is 2. The number of hydrogen-bond acceptors (Lipinski definition) is 3. The van der Waals surface area contributed by atoms with Crippen LogP contribution in [0.5, 0.6) is 0 Å². The lowest BCUT2D eigenvalue weighted by Crippen LogP contribution is -2.20. The Morgan fingerprint density at radius 1 is 1.43 bits per heavy atom. The van der Waals surface area contributed by atoms with Gasteiger partial charge < -0.3 is 0 Å². The summed E-state index contributed by atoms with van der Waals surface area (Å²) in [6.07, 6.45) is 3.98. The number of aromatic nitrogens is 2. The molecule has 1 aliphatic rings. The summed E-state index contributed by atoms with van der Waals surface area (Å²) in [6.45, 7) is 6.74. The SMILES string of the molecule is CCC(C)(C)c1ncnc2c1CCS2. The smallest absolute Gasteiger partial charge is 0.117 e. The lowest BCUT2D eigenvalue weighted by molar-refractivity contribution is 0.481. The molecule has 0 aliphatic carbocycles. The molecular weight excluding hydrogens is 192 g/mol. The van der Waals surface area contributed by atoms with Gasteiger partial charge in [0.15, 0.2) is 0 Å². The standard InChI is InChI=1S/C11H16N2S/c1-4-11(2,3)9-8-5-6-14-10(8)13-7-12-9/h7H,4-6H2,1-3H3. The molecule has 0 spiro atoms. The van der Waals surface area contributed by atoms with Crippen LogP contribution < -0.4 is 0 Å². The molecule has 3 heteroatoms. The minimum atomic E-state index is 0.192. The molecule has 2 nitrogen and oxygen atoms in total. The van der Waals surface area contributed by atoms with Gasteiger partial charge in [0.05, 0.1) is 5.69 Å². The highest BCUT2D eigenvalue weighted by atomic mass is 32.2. The normalized spacial score (nSPS) is 15.6. The summed E-state index contributed by atoms with van der Waals surface area (Å²) in [5, 5.41) is 1.21. The first-order chi connectivity index (χ1) is 6.65. The van der Waals surface area contributed by atoms with E-state index in [4.69, 9.17) is 0 Å². The maximum absolute atomic E-state index is 4.47. The third kappa shape index (κ3) is 1.54. The minimum absolute atomic E-state index is 0.192. The molecule has 0 radical (unpaired) electrons. The Labute approximate surface area is 89.5 Å². The van der Waals surface area contributed by atoms with Crippen molar-refractivity contribution >= 4 is 11.8 Å². The molecule has 0 unspecified atom stereocenters. The van der Waals surface area contributed by atoms with E-state index >= 15 is 0 Å². The first-order valence-corrected chi connectivity index (χ1v) is 6.11. The summed E-state index contributed by atoms with van der Waals surface area (Å²) < 4.78 is 0. The molecule has 76 valence electrons. The molecule has 14 heavy (non-hydrogen) atoms. The van der Waals surface area contributed by atoms with Gasteiger partial charge in [-0.1, -0.05) is 20.8 Å². The maximum atomic E-state index is 4.47. The molecule has 0 aromatic carbocycles. The van der Waals surface area contributed by atoms with Crippen molar-refractivity contribution in [2.24, 2.45) is 0 Å². The zero-order valence-electron chi connectivity index (χ0n) is 9.00. The van der Waals surface area contributed by atoms with E-state index in [2.05, 4.69) is 30.7 Å². The van der Waals surface area contributed by atoms with Crippen LogP contribution in [0.1, 0.15) is 38.4 Å². The molecule has 0 bridgehead atoms. The average molecular weight is 208 g/mol. The van der Waals surface area contributed by atoms with E-state index in [1.165, 1.54) is 22.0 Å². The van der Waals surface area contributed by atoms with E-state index in [1.54, 1.807) is 6.33 Å². The van der Waals surface area contributed by atoms with Gasteiger partial charge in [-0.15, -0.1) is 11.8 Å². The van der Waals surface area contributed by atoms with E-state index in [0.29, 0.717) is 0 Å². The number of rotatable bonds is 2. The van der Waals surface area contributed by atoms with Crippen LogP contribution in [0, 0.1) is 0 Å². The Balaban J connectivity index is 2.49. The van der Waals surface area contributed by atoms with Gasteiger partial charge in [-0.25, -0.2) is 9.97 Å².